The van der Waals surface area contributed by atoms with E-state index in [4.69, 9.17) is 4.99 Å². The van der Waals surface area contributed by atoms with Crippen LogP contribution in [-0.4, -0.2) is 5.84 Å². The van der Waals surface area contributed by atoms with E-state index in [-0.39, 0.29) is 17.3 Å². The Hall–Kier alpha value is -5.99. The molecule has 1 N–H and O–H groups in total. The van der Waals surface area contributed by atoms with Crippen molar-refractivity contribution in [3.05, 3.63) is 238 Å². The number of aryl methyl sites for hydroxylation is 1. The summed E-state index contributed by atoms with van der Waals surface area (Å²) in [6.45, 7) is 16.2. The van der Waals surface area contributed by atoms with Gasteiger partial charge in [0.05, 0.1) is 5.69 Å². The van der Waals surface area contributed by atoms with Crippen molar-refractivity contribution in [1.82, 2.24) is 0 Å². The van der Waals surface area contributed by atoms with Crippen LogP contribution in [0.15, 0.2) is 187 Å². The van der Waals surface area contributed by atoms with Crippen LogP contribution < -0.4 is 5.32 Å². The molecule has 4 fully saturated rings. The first-order chi connectivity index (χ1) is 32.6. The van der Waals surface area contributed by atoms with Gasteiger partial charge in [-0.2, -0.15) is 0 Å². The van der Waals surface area contributed by atoms with E-state index in [0.29, 0.717) is 17.8 Å². The van der Waals surface area contributed by atoms with Crippen molar-refractivity contribution < 1.29 is 0 Å². The molecule has 4 aliphatic rings. The van der Waals surface area contributed by atoms with Gasteiger partial charge in [-0.1, -0.05) is 229 Å². The molecule has 2 heteroatoms. The number of para-hydroxylation sites is 1. The van der Waals surface area contributed by atoms with Gasteiger partial charge in [0, 0.05) is 22.9 Å². The van der Waals surface area contributed by atoms with Gasteiger partial charge in [0.15, 0.2) is 0 Å². The summed E-state index contributed by atoms with van der Waals surface area (Å²) in [6.07, 6.45) is 7.84. The van der Waals surface area contributed by atoms with E-state index in [2.05, 4.69) is 218 Å². The van der Waals surface area contributed by atoms with Crippen molar-refractivity contribution in [2.75, 3.05) is 5.32 Å². The lowest BCUT2D eigenvalue weighted by Gasteiger charge is -2.57. The van der Waals surface area contributed by atoms with Gasteiger partial charge in [0.1, 0.15) is 5.84 Å². The van der Waals surface area contributed by atoms with Gasteiger partial charge in [-0.05, 0) is 131 Å². The molecule has 7 aromatic rings. The van der Waals surface area contributed by atoms with Crippen molar-refractivity contribution >= 4 is 17.2 Å². The molecule has 342 valence electrons. The minimum absolute atomic E-state index is 0.00231. The zero-order valence-electron chi connectivity index (χ0n) is 41.1. The molecule has 11 rings (SSSR count). The van der Waals surface area contributed by atoms with Gasteiger partial charge in [0.2, 0.25) is 0 Å². The highest BCUT2D eigenvalue weighted by atomic mass is 15.0. The highest BCUT2D eigenvalue weighted by Crippen LogP contribution is 2.61. The Labute approximate surface area is 403 Å². The first-order valence-corrected chi connectivity index (χ1v) is 25.4. The third kappa shape index (κ3) is 10.2. The van der Waals surface area contributed by atoms with Crippen LogP contribution in [0.3, 0.4) is 0 Å². The number of benzene rings is 7. The predicted octanol–water partition coefficient (Wildman–Crippen LogP) is 17.8. The number of nitrogens with one attached hydrogen (secondary N) is 1. The van der Waals surface area contributed by atoms with E-state index in [1.165, 1.54) is 106 Å². The SMILES string of the molecule is CC(C)c1cc(C(c2ccccc2)c2ccccc2)c(N=C(Nc2c(C(C)C)cccc2C(C)C)C23CC4CC(CC(C4)C2)C3)c(C(c2ccccc2)c2ccccc2)c1.Cc1ccccc1. The molecule has 0 unspecified atom stereocenters. The summed E-state index contributed by atoms with van der Waals surface area (Å²) < 4.78 is 0. The molecule has 0 amide bonds. The maximum Gasteiger partial charge on any atom is 0.113 e. The van der Waals surface area contributed by atoms with Crippen LogP contribution >= 0.6 is 0 Å². The second-order valence-corrected chi connectivity index (χ2v) is 21.3. The van der Waals surface area contributed by atoms with Crippen LogP contribution in [0.5, 0.6) is 0 Å². The smallest absolute Gasteiger partial charge is 0.113 e. The van der Waals surface area contributed by atoms with Crippen molar-refractivity contribution in [1.29, 1.82) is 0 Å². The molecule has 0 aromatic heterocycles. The summed E-state index contributed by atoms with van der Waals surface area (Å²) >= 11 is 0. The van der Waals surface area contributed by atoms with Gasteiger partial charge < -0.3 is 5.32 Å². The molecule has 0 aliphatic heterocycles. The van der Waals surface area contributed by atoms with Gasteiger partial charge in [-0.3, -0.25) is 0 Å². The number of nitrogens with zero attached hydrogens (tertiary/aromatic N) is 1. The van der Waals surface area contributed by atoms with Crippen molar-refractivity contribution in [2.45, 2.75) is 117 Å². The highest BCUT2D eigenvalue weighted by Gasteiger charge is 2.54. The van der Waals surface area contributed by atoms with Crippen LogP contribution in [-0.2, 0) is 0 Å². The Morgan fingerprint density at radius 2 is 0.791 bits per heavy atom. The molecule has 4 aliphatic carbocycles. The Kier molecular flexibility index (Phi) is 14.1. The summed E-state index contributed by atoms with van der Waals surface area (Å²) in [6, 6.07) is 67.1. The van der Waals surface area contributed by atoms with Crippen LogP contribution in [0.4, 0.5) is 11.4 Å². The van der Waals surface area contributed by atoms with Gasteiger partial charge in [0.25, 0.3) is 0 Å². The van der Waals surface area contributed by atoms with E-state index in [1.54, 1.807) is 0 Å². The van der Waals surface area contributed by atoms with Crippen LogP contribution in [0.1, 0.15) is 165 Å². The molecule has 4 bridgehead atoms. The Balaban J connectivity index is 0.000000737. The standard InChI is InChI=1S/C58H64N2.C7H8/c1-38(2)48-33-51(53(44-20-11-7-12-21-44)45-22-13-8-14-23-45)56(52(34-48)54(46-24-15-9-16-25-46)47-26-17-10-18-27-47)60-57(58-35-41-30-42(36-58)32-43(31-41)37-58)59-55-49(39(3)4)28-19-29-50(55)40(5)6;1-7-5-3-2-4-6-7/h7-29,33-34,38-43,53-54H,30-32,35-37H2,1-6H3,(H,59,60);2-6H,1H3. The van der Waals surface area contributed by atoms with Crippen molar-refractivity contribution in [3.63, 3.8) is 0 Å². The van der Waals surface area contributed by atoms with Crippen LogP contribution in [0.2, 0.25) is 0 Å². The fraction of sp³-hybridized carbons (Fsp3) is 0.338. The molecule has 67 heavy (non-hydrogen) atoms. The van der Waals surface area contributed by atoms with Gasteiger partial charge >= 0.3 is 0 Å². The maximum atomic E-state index is 6.39. The highest BCUT2D eigenvalue weighted by molar-refractivity contribution is 6.03. The number of rotatable bonds is 12. The summed E-state index contributed by atoms with van der Waals surface area (Å²) in [5.41, 5.74) is 15.6. The number of anilines is 1. The molecular weight excluding hydrogens is 809 g/mol. The number of hydrogen-bond donors (Lipinski definition) is 1. The molecule has 0 atom stereocenters. The second kappa shape index (κ2) is 20.5. The van der Waals surface area contributed by atoms with E-state index in [9.17, 15) is 0 Å². The lowest BCUT2D eigenvalue weighted by atomic mass is 9.49. The average molecular weight is 881 g/mol. The maximum absolute atomic E-state index is 6.39. The quantitative estimate of drug-likeness (QED) is 0.0738. The Bertz CT molecular complexity index is 2470. The predicted molar refractivity (Wildman–Crippen MR) is 285 cm³/mol. The molecule has 4 saturated carbocycles. The summed E-state index contributed by atoms with van der Waals surface area (Å²) in [7, 11) is 0. The first-order valence-electron chi connectivity index (χ1n) is 25.4. The van der Waals surface area contributed by atoms with E-state index in [0.717, 1.165) is 23.4 Å². The zero-order valence-corrected chi connectivity index (χ0v) is 41.1. The van der Waals surface area contributed by atoms with Crippen molar-refractivity contribution in [3.8, 4) is 0 Å². The van der Waals surface area contributed by atoms with E-state index >= 15 is 0 Å². The fourth-order valence-electron chi connectivity index (χ4n) is 12.4. The minimum Gasteiger partial charge on any atom is -0.343 e. The normalized spacial score (nSPS) is 19.9. The topological polar surface area (TPSA) is 24.4 Å². The second-order valence-electron chi connectivity index (χ2n) is 21.3. The third-order valence-corrected chi connectivity index (χ3v) is 15.3. The summed E-state index contributed by atoms with van der Waals surface area (Å²) in [4.78, 5) is 6.39. The zero-order chi connectivity index (χ0) is 46.5. The Morgan fingerprint density at radius 3 is 1.10 bits per heavy atom. The first kappa shape index (κ1) is 46.1. The van der Waals surface area contributed by atoms with E-state index < -0.39 is 0 Å². The molecule has 0 heterocycles. The lowest BCUT2D eigenvalue weighted by molar-refractivity contribution is -0.0123. The molecule has 0 spiro atoms. The Morgan fingerprint density at radius 1 is 0.433 bits per heavy atom. The molecule has 0 radical (unpaired) electrons. The fourth-order valence-corrected chi connectivity index (χ4v) is 12.4. The van der Waals surface area contributed by atoms with Gasteiger partial charge in [-0.25, -0.2) is 4.99 Å². The van der Waals surface area contributed by atoms with Crippen LogP contribution in [0.25, 0.3) is 0 Å². The molecule has 0 saturated heterocycles. The molecular formula is C65H72N2. The minimum atomic E-state index is -0.0115. The lowest BCUT2D eigenvalue weighted by Crippen LogP contribution is -2.52. The third-order valence-electron chi connectivity index (χ3n) is 15.3. The van der Waals surface area contributed by atoms with Crippen molar-refractivity contribution in [2.24, 2.45) is 28.2 Å². The number of hydrogen-bond acceptors (Lipinski definition) is 1. The number of aliphatic imine (C=N–C) groups is 1. The van der Waals surface area contributed by atoms with E-state index in [1.807, 2.05) is 18.2 Å². The number of amidine groups is 1. The monoisotopic (exact) mass is 881 g/mol. The average Bonchev–Trinajstić information content (AvgIpc) is 3.33. The van der Waals surface area contributed by atoms with Crippen LogP contribution in [0, 0.1) is 30.1 Å². The largest absolute Gasteiger partial charge is 0.343 e. The van der Waals surface area contributed by atoms with Gasteiger partial charge in [-0.15, -0.1) is 0 Å². The summed E-state index contributed by atoms with van der Waals surface area (Å²) in [5, 5.41) is 4.36. The molecule has 2 nitrogen and oxygen atoms in total. The molecule has 7 aromatic carbocycles. The summed E-state index contributed by atoms with van der Waals surface area (Å²) in [5.74, 6) is 4.59.